The largest absolute Gasteiger partial charge is 0.465 e. The summed E-state index contributed by atoms with van der Waals surface area (Å²) in [5.41, 5.74) is -1.05. The lowest BCUT2D eigenvalue weighted by Crippen LogP contribution is -2.44. The van der Waals surface area contributed by atoms with Crippen molar-refractivity contribution in [1.29, 1.82) is 0 Å². The fourth-order valence-corrected chi connectivity index (χ4v) is 2.09. The number of amides is 2. The molecule has 1 aromatic rings. The summed E-state index contributed by atoms with van der Waals surface area (Å²) >= 11 is 0. The fraction of sp³-hybridized carbons (Fsp3) is 0.308. The molecule has 1 N–H and O–H groups in total. The number of ether oxygens (including phenoxy) is 1. The summed E-state index contributed by atoms with van der Waals surface area (Å²) < 4.78 is 4.95. The second-order valence-electron chi connectivity index (χ2n) is 4.05. The zero-order chi connectivity index (χ0) is 13.2. The highest BCUT2D eigenvalue weighted by molar-refractivity contribution is 6.20. The van der Waals surface area contributed by atoms with Gasteiger partial charge < -0.3 is 4.74 Å². The molecule has 2 rings (SSSR count). The molecule has 0 spiro atoms. The van der Waals surface area contributed by atoms with Crippen LogP contribution in [0.5, 0.6) is 0 Å². The maximum atomic E-state index is 12.1. The molecule has 1 aromatic carbocycles. The molecule has 1 atom stereocenters. The molecule has 0 radical (unpaired) electrons. The van der Waals surface area contributed by atoms with Gasteiger partial charge in [0.2, 0.25) is 11.8 Å². The molecule has 1 aliphatic rings. The number of esters is 1. The summed E-state index contributed by atoms with van der Waals surface area (Å²) in [6, 6.07) is 8.50. The van der Waals surface area contributed by atoms with Crippen molar-refractivity contribution in [3.63, 3.8) is 0 Å². The highest BCUT2D eigenvalue weighted by Crippen LogP contribution is 2.33. The lowest BCUT2D eigenvalue weighted by Gasteiger charge is -2.23. The molecule has 2 amide bonds. The van der Waals surface area contributed by atoms with Gasteiger partial charge in [-0.15, -0.1) is 0 Å². The van der Waals surface area contributed by atoms with Crippen molar-refractivity contribution in [2.75, 3.05) is 6.61 Å². The molecule has 1 saturated heterocycles. The number of hydrogen-bond donors (Lipinski definition) is 1. The van der Waals surface area contributed by atoms with Gasteiger partial charge in [0.1, 0.15) is 0 Å². The van der Waals surface area contributed by atoms with Gasteiger partial charge in [0.05, 0.1) is 13.0 Å². The summed E-state index contributed by atoms with van der Waals surface area (Å²) in [6.45, 7) is 1.82. The van der Waals surface area contributed by atoms with Crippen LogP contribution in [-0.4, -0.2) is 24.4 Å². The Bertz CT molecular complexity index is 497. The summed E-state index contributed by atoms with van der Waals surface area (Å²) in [4.78, 5) is 35.5. The Hall–Kier alpha value is -2.17. The molecule has 1 aliphatic heterocycles. The third-order valence-electron chi connectivity index (χ3n) is 2.96. The van der Waals surface area contributed by atoms with E-state index in [1.165, 1.54) is 0 Å². The highest BCUT2D eigenvalue weighted by Gasteiger charge is 2.55. The van der Waals surface area contributed by atoms with Crippen molar-refractivity contribution in [1.82, 2.24) is 5.32 Å². The Labute approximate surface area is 104 Å². The van der Waals surface area contributed by atoms with Crippen LogP contribution in [0.2, 0.25) is 0 Å². The minimum Gasteiger partial charge on any atom is -0.465 e. The number of rotatable bonds is 3. The molecule has 1 unspecified atom stereocenters. The van der Waals surface area contributed by atoms with Crippen molar-refractivity contribution >= 4 is 17.8 Å². The van der Waals surface area contributed by atoms with Gasteiger partial charge in [-0.2, -0.15) is 0 Å². The van der Waals surface area contributed by atoms with Gasteiger partial charge in [0.25, 0.3) is 0 Å². The van der Waals surface area contributed by atoms with Crippen LogP contribution in [0.3, 0.4) is 0 Å². The minimum atomic E-state index is -1.53. The first-order chi connectivity index (χ1) is 8.61. The van der Waals surface area contributed by atoms with Gasteiger partial charge in [-0.3, -0.25) is 19.7 Å². The molecule has 0 saturated carbocycles. The monoisotopic (exact) mass is 247 g/mol. The first-order valence-electron chi connectivity index (χ1n) is 5.68. The van der Waals surface area contributed by atoms with Gasteiger partial charge in [-0.1, -0.05) is 30.3 Å². The molecule has 0 bridgehead atoms. The minimum absolute atomic E-state index is 0.162. The molecular weight excluding hydrogens is 234 g/mol. The zero-order valence-corrected chi connectivity index (χ0v) is 9.93. The number of imide groups is 1. The Morgan fingerprint density at radius 2 is 2.00 bits per heavy atom. The standard InChI is InChI=1S/C13H13NO4/c1-2-18-12(17)13(8-10(15)14-11(13)16)9-6-4-3-5-7-9/h3-7H,2,8H2,1H3,(H,14,15,16). The first kappa shape index (κ1) is 12.3. The molecule has 5 nitrogen and oxygen atoms in total. The quantitative estimate of drug-likeness (QED) is 0.480. The lowest BCUT2D eigenvalue weighted by molar-refractivity contribution is -0.153. The van der Waals surface area contributed by atoms with Crippen molar-refractivity contribution in [3.05, 3.63) is 35.9 Å². The van der Waals surface area contributed by atoms with Crippen LogP contribution < -0.4 is 5.32 Å². The van der Waals surface area contributed by atoms with E-state index < -0.39 is 23.2 Å². The number of nitrogens with one attached hydrogen (secondary N) is 1. The summed E-state index contributed by atoms with van der Waals surface area (Å²) in [7, 11) is 0. The Kier molecular flexibility index (Phi) is 3.14. The number of carbonyl (C=O) groups is 3. The summed E-state index contributed by atoms with van der Waals surface area (Å²) in [5.74, 6) is -1.76. The third kappa shape index (κ3) is 1.77. The van der Waals surface area contributed by atoms with Crippen LogP contribution >= 0.6 is 0 Å². The number of carbonyl (C=O) groups excluding carboxylic acids is 3. The Morgan fingerprint density at radius 3 is 2.50 bits per heavy atom. The van der Waals surface area contributed by atoms with Gasteiger partial charge >= 0.3 is 5.97 Å². The molecule has 18 heavy (non-hydrogen) atoms. The molecule has 1 fully saturated rings. The van der Waals surface area contributed by atoms with Crippen LogP contribution in [0.25, 0.3) is 0 Å². The number of hydrogen-bond acceptors (Lipinski definition) is 4. The third-order valence-corrected chi connectivity index (χ3v) is 2.96. The van der Waals surface area contributed by atoms with Gasteiger partial charge in [-0.25, -0.2) is 0 Å². The van der Waals surface area contributed by atoms with E-state index in [2.05, 4.69) is 5.32 Å². The van der Waals surface area contributed by atoms with Crippen molar-refractivity contribution in [2.24, 2.45) is 0 Å². The maximum Gasteiger partial charge on any atom is 0.326 e. The summed E-state index contributed by atoms with van der Waals surface area (Å²) in [6.07, 6.45) is -0.200. The van der Waals surface area contributed by atoms with Gasteiger partial charge in [0, 0.05) is 0 Å². The predicted molar refractivity (Wildman–Crippen MR) is 62.5 cm³/mol. The van der Waals surface area contributed by atoms with Crippen molar-refractivity contribution in [3.8, 4) is 0 Å². The molecule has 0 aliphatic carbocycles. The average molecular weight is 247 g/mol. The lowest BCUT2D eigenvalue weighted by atomic mass is 9.79. The van der Waals surface area contributed by atoms with Crippen LogP contribution in [0.1, 0.15) is 18.9 Å². The topological polar surface area (TPSA) is 72.5 Å². The fourth-order valence-electron chi connectivity index (χ4n) is 2.09. The molecular formula is C13H13NO4. The van der Waals surface area contributed by atoms with E-state index in [0.717, 1.165) is 0 Å². The van der Waals surface area contributed by atoms with E-state index in [1.54, 1.807) is 37.3 Å². The van der Waals surface area contributed by atoms with Crippen LogP contribution in [0, 0.1) is 0 Å². The maximum absolute atomic E-state index is 12.1. The van der Waals surface area contributed by atoms with Crippen molar-refractivity contribution < 1.29 is 19.1 Å². The van der Waals surface area contributed by atoms with Crippen LogP contribution in [0.4, 0.5) is 0 Å². The highest BCUT2D eigenvalue weighted by atomic mass is 16.5. The van der Waals surface area contributed by atoms with E-state index in [4.69, 9.17) is 4.74 Å². The summed E-state index contributed by atoms with van der Waals surface area (Å²) in [5, 5.41) is 2.17. The predicted octanol–water partition coefficient (Wildman–Crippen LogP) is 0.534. The van der Waals surface area contributed by atoms with E-state index in [1.807, 2.05) is 0 Å². The van der Waals surface area contributed by atoms with Crippen LogP contribution in [-0.2, 0) is 24.5 Å². The number of benzene rings is 1. The Balaban J connectivity index is 2.51. The van der Waals surface area contributed by atoms with E-state index >= 15 is 0 Å². The molecule has 0 aromatic heterocycles. The average Bonchev–Trinajstić information content (AvgIpc) is 2.67. The zero-order valence-electron chi connectivity index (χ0n) is 9.93. The smallest absolute Gasteiger partial charge is 0.326 e. The molecule has 94 valence electrons. The normalized spacial score (nSPS) is 22.7. The second kappa shape index (κ2) is 4.60. The van der Waals surface area contributed by atoms with E-state index in [0.29, 0.717) is 5.56 Å². The Morgan fingerprint density at radius 1 is 1.33 bits per heavy atom. The van der Waals surface area contributed by atoms with Crippen LogP contribution in [0.15, 0.2) is 30.3 Å². The van der Waals surface area contributed by atoms with Crippen molar-refractivity contribution in [2.45, 2.75) is 18.8 Å². The SMILES string of the molecule is CCOC(=O)C1(c2ccccc2)CC(=O)NC1=O. The van der Waals surface area contributed by atoms with E-state index in [-0.39, 0.29) is 13.0 Å². The molecule has 1 heterocycles. The van der Waals surface area contributed by atoms with E-state index in [9.17, 15) is 14.4 Å². The van der Waals surface area contributed by atoms with Gasteiger partial charge in [-0.05, 0) is 12.5 Å². The molecule has 5 heteroatoms. The second-order valence-corrected chi connectivity index (χ2v) is 4.05. The first-order valence-corrected chi connectivity index (χ1v) is 5.68. The van der Waals surface area contributed by atoms with Gasteiger partial charge in [0.15, 0.2) is 5.41 Å².